The molecule has 0 aliphatic rings. The topological polar surface area (TPSA) is 103 Å². The van der Waals surface area contributed by atoms with E-state index in [1.807, 2.05) is 19.0 Å². The van der Waals surface area contributed by atoms with E-state index in [4.69, 9.17) is 0 Å². The molecule has 3 N–H and O–H groups in total. The van der Waals surface area contributed by atoms with Crippen molar-refractivity contribution in [3.63, 3.8) is 0 Å². The Morgan fingerprint density at radius 1 is 0.964 bits per heavy atom. The number of rotatable bonds is 8. The third-order valence-corrected chi connectivity index (χ3v) is 3.79. The smallest absolute Gasteiger partial charge is 0.274 e. The highest BCUT2D eigenvalue weighted by Crippen LogP contribution is 2.14. The zero-order valence-electron chi connectivity index (χ0n) is 16.3. The van der Waals surface area contributed by atoms with Crippen molar-refractivity contribution < 1.29 is 14.4 Å². The Morgan fingerprint density at radius 2 is 1.61 bits per heavy atom. The Kier molecular flexibility index (Phi) is 7.65. The van der Waals surface area contributed by atoms with Gasteiger partial charge in [0.05, 0.1) is 0 Å². The minimum Gasteiger partial charge on any atom is -0.352 e. The number of carbonyl (C=O) groups excluding carboxylic acids is 3. The molecule has 0 fully saturated rings. The summed E-state index contributed by atoms with van der Waals surface area (Å²) in [6, 6.07) is 9.74. The summed E-state index contributed by atoms with van der Waals surface area (Å²) in [5.41, 5.74) is 1.72. The molecule has 0 aliphatic carbocycles. The van der Waals surface area contributed by atoms with Gasteiger partial charge >= 0.3 is 0 Å². The maximum atomic E-state index is 12.4. The van der Waals surface area contributed by atoms with Gasteiger partial charge in [-0.15, -0.1) is 0 Å². The van der Waals surface area contributed by atoms with Crippen molar-refractivity contribution in [1.29, 1.82) is 0 Å². The fourth-order valence-electron chi connectivity index (χ4n) is 2.43. The first kappa shape index (κ1) is 21.0. The van der Waals surface area contributed by atoms with Gasteiger partial charge < -0.3 is 20.9 Å². The van der Waals surface area contributed by atoms with Crippen LogP contribution in [0.25, 0.3) is 0 Å². The Balaban J connectivity index is 1.95. The lowest BCUT2D eigenvalue weighted by molar-refractivity contribution is -0.114. The van der Waals surface area contributed by atoms with E-state index in [-0.39, 0.29) is 17.5 Å². The molecule has 0 unspecified atom stereocenters. The van der Waals surface area contributed by atoms with E-state index in [1.165, 1.54) is 19.2 Å². The summed E-state index contributed by atoms with van der Waals surface area (Å²) in [4.78, 5) is 41.8. The van der Waals surface area contributed by atoms with Gasteiger partial charge in [-0.25, -0.2) is 0 Å². The molecule has 0 bridgehead atoms. The van der Waals surface area contributed by atoms with Crippen LogP contribution in [-0.4, -0.2) is 54.8 Å². The second-order valence-corrected chi connectivity index (χ2v) is 6.56. The lowest BCUT2D eigenvalue weighted by atomic mass is 10.2. The van der Waals surface area contributed by atoms with E-state index in [1.54, 1.807) is 30.3 Å². The first-order valence-corrected chi connectivity index (χ1v) is 8.93. The molecule has 0 aliphatic heterocycles. The lowest BCUT2D eigenvalue weighted by Crippen LogP contribution is -2.27. The second-order valence-electron chi connectivity index (χ2n) is 6.56. The molecule has 1 heterocycles. The zero-order valence-corrected chi connectivity index (χ0v) is 16.3. The van der Waals surface area contributed by atoms with E-state index in [9.17, 15) is 14.4 Å². The predicted octanol–water partition coefficient (Wildman–Crippen LogP) is 1.97. The molecule has 148 valence electrons. The summed E-state index contributed by atoms with van der Waals surface area (Å²) in [5, 5.41) is 8.20. The Morgan fingerprint density at radius 3 is 2.21 bits per heavy atom. The minimum absolute atomic E-state index is 0.145. The minimum atomic E-state index is -0.422. The highest BCUT2D eigenvalue weighted by Gasteiger charge is 2.12. The predicted molar refractivity (Wildman–Crippen MR) is 108 cm³/mol. The number of benzene rings is 1. The molecule has 8 heteroatoms. The molecule has 3 amide bonds. The maximum absolute atomic E-state index is 12.4. The van der Waals surface area contributed by atoms with E-state index in [0.717, 1.165) is 13.0 Å². The molecule has 0 radical (unpaired) electrons. The van der Waals surface area contributed by atoms with Crippen LogP contribution in [0.2, 0.25) is 0 Å². The van der Waals surface area contributed by atoms with Gasteiger partial charge in [0, 0.05) is 36.6 Å². The molecule has 1 aromatic carbocycles. The van der Waals surface area contributed by atoms with Crippen LogP contribution < -0.4 is 16.0 Å². The Bertz CT molecular complexity index is 834. The maximum Gasteiger partial charge on any atom is 0.274 e. The van der Waals surface area contributed by atoms with Crippen molar-refractivity contribution >= 4 is 29.1 Å². The Labute approximate surface area is 164 Å². The van der Waals surface area contributed by atoms with Crippen molar-refractivity contribution in [2.45, 2.75) is 13.3 Å². The highest BCUT2D eigenvalue weighted by atomic mass is 16.2. The number of pyridine rings is 1. The van der Waals surface area contributed by atoms with E-state index in [2.05, 4.69) is 20.9 Å². The first-order chi connectivity index (χ1) is 13.3. The molecule has 0 saturated heterocycles. The van der Waals surface area contributed by atoms with E-state index >= 15 is 0 Å². The van der Waals surface area contributed by atoms with E-state index in [0.29, 0.717) is 23.5 Å². The lowest BCUT2D eigenvalue weighted by Gasteiger charge is -2.10. The monoisotopic (exact) mass is 383 g/mol. The van der Waals surface area contributed by atoms with Crippen LogP contribution in [0.4, 0.5) is 11.4 Å². The van der Waals surface area contributed by atoms with Gasteiger partial charge in [0.25, 0.3) is 11.8 Å². The molecular formula is C20H25N5O3. The van der Waals surface area contributed by atoms with Gasteiger partial charge in [-0.05, 0) is 63.5 Å². The highest BCUT2D eigenvalue weighted by molar-refractivity contribution is 6.04. The third-order valence-electron chi connectivity index (χ3n) is 3.79. The SMILES string of the molecule is CC(=O)Nc1ccc(NC(=O)c2cc(C(=O)NCCCN(C)C)ccn2)cc1. The summed E-state index contributed by atoms with van der Waals surface area (Å²) in [7, 11) is 3.95. The molecular weight excluding hydrogens is 358 g/mol. The first-order valence-electron chi connectivity index (χ1n) is 8.93. The van der Waals surface area contributed by atoms with Crippen LogP contribution >= 0.6 is 0 Å². The number of hydrogen-bond donors (Lipinski definition) is 3. The van der Waals surface area contributed by atoms with Crippen LogP contribution in [0, 0.1) is 0 Å². The fourth-order valence-corrected chi connectivity index (χ4v) is 2.43. The number of amides is 3. The van der Waals surface area contributed by atoms with Crippen molar-refractivity contribution in [2.24, 2.45) is 0 Å². The number of hydrogen-bond acceptors (Lipinski definition) is 5. The third kappa shape index (κ3) is 6.81. The molecule has 0 spiro atoms. The molecule has 28 heavy (non-hydrogen) atoms. The summed E-state index contributed by atoms with van der Waals surface area (Å²) in [6.07, 6.45) is 2.27. The van der Waals surface area contributed by atoms with Crippen LogP contribution in [0.1, 0.15) is 34.2 Å². The van der Waals surface area contributed by atoms with Crippen molar-refractivity contribution in [3.8, 4) is 0 Å². The van der Waals surface area contributed by atoms with Gasteiger partial charge in [-0.1, -0.05) is 0 Å². The molecule has 2 rings (SSSR count). The van der Waals surface area contributed by atoms with E-state index < -0.39 is 5.91 Å². The average molecular weight is 383 g/mol. The number of aromatic nitrogens is 1. The van der Waals surface area contributed by atoms with Gasteiger partial charge in [0.2, 0.25) is 5.91 Å². The summed E-state index contributed by atoms with van der Waals surface area (Å²) in [6.45, 7) is 2.86. The number of anilines is 2. The molecule has 0 saturated carbocycles. The molecule has 8 nitrogen and oxygen atoms in total. The zero-order chi connectivity index (χ0) is 20.5. The van der Waals surface area contributed by atoms with Gasteiger partial charge in [-0.2, -0.15) is 0 Å². The average Bonchev–Trinajstić information content (AvgIpc) is 2.66. The van der Waals surface area contributed by atoms with Crippen molar-refractivity contribution in [1.82, 2.24) is 15.2 Å². The summed E-state index contributed by atoms with van der Waals surface area (Å²) >= 11 is 0. The van der Waals surface area contributed by atoms with Gasteiger partial charge in [-0.3, -0.25) is 19.4 Å². The van der Waals surface area contributed by atoms with Crippen molar-refractivity contribution in [2.75, 3.05) is 37.8 Å². The molecule has 1 aromatic heterocycles. The number of nitrogens with one attached hydrogen (secondary N) is 3. The fraction of sp³-hybridized carbons (Fsp3) is 0.300. The van der Waals surface area contributed by atoms with Crippen molar-refractivity contribution in [3.05, 3.63) is 53.9 Å². The Hall–Kier alpha value is -3.26. The van der Waals surface area contributed by atoms with Crippen LogP contribution in [0.5, 0.6) is 0 Å². The number of carbonyl (C=O) groups is 3. The van der Waals surface area contributed by atoms with Crippen LogP contribution in [0.15, 0.2) is 42.6 Å². The van der Waals surface area contributed by atoms with Crippen LogP contribution in [0.3, 0.4) is 0 Å². The quantitative estimate of drug-likeness (QED) is 0.605. The standard InChI is InChI=1S/C20H25N5O3/c1-14(26)23-16-5-7-17(8-6-16)24-20(28)18-13-15(9-11-21-18)19(27)22-10-4-12-25(2)3/h5-9,11,13H,4,10,12H2,1-3H3,(H,22,27)(H,23,26)(H,24,28). The van der Waals surface area contributed by atoms with Gasteiger partial charge in [0.1, 0.15) is 5.69 Å². The van der Waals surface area contributed by atoms with Crippen LogP contribution in [-0.2, 0) is 4.79 Å². The normalized spacial score (nSPS) is 10.4. The second kappa shape index (κ2) is 10.2. The summed E-state index contributed by atoms with van der Waals surface area (Å²) in [5.74, 6) is -0.831. The largest absolute Gasteiger partial charge is 0.352 e. The molecule has 2 aromatic rings. The van der Waals surface area contributed by atoms with Gasteiger partial charge in [0.15, 0.2) is 0 Å². The summed E-state index contributed by atoms with van der Waals surface area (Å²) < 4.78 is 0. The number of nitrogens with zero attached hydrogens (tertiary/aromatic N) is 2. The molecule has 0 atom stereocenters.